The van der Waals surface area contributed by atoms with Crippen molar-refractivity contribution in [3.8, 4) is 0 Å². The molecule has 1 aromatic rings. The minimum atomic E-state index is -0.549. The van der Waals surface area contributed by atoms with Crippen LogP contribution in [-0.4, -0.2) is 24.4 Å². The van der Waals surface area contributed by atoms with E-state index in [1.807, 2.05) is 6.92 Å². The van der Waals surface area contributed by atoms with Crippen LogP contribution in [0.25, 0.3) is 0 Å². The van der Waals surface area contributed by atoms with Crippen LogP contribution in [0.2, 0.25) is 0 Å². The fraction of sp³-hybridized carbons (Fsp3) is 0.400. The van der Waals surface area contributed by atoms with Crippen LogP contribution < -0.4 is 10.6 Å². The Bertz CT molecular complexity index is 332. The van der Waals surface area contributed by atoms with Crippen molar-refractivity contribution in [1.82, 2.24) is 10.6 Å². The second-order valence-corrected chi connectivity index (χ2v) is 3.10. The highest BCUT2D eigenvalue weighted by Gasteiger charge is 2.15. The van der Waals surface area contributed by atoms with Crippen molar-refractivity contribution >= 4 is 11.8 Å². The van der Waals surface area contributed by atoms with Gasteiger partial charge in [0.15, 0.2) is 0 Å². The Labute approximate surface area is 87.8 Å². The van der Waals surface area contributed by atoms with Crippen molar-refractivity contribution in [1.29, 1.82) is 0 Å². The van der Waals surface area contributed by atoms with E-state index in [9.17, 15) is 9.59 Å². The van der Waals surface area contributed by atoms with Crippen molar-refractivity contribution in [3.63, 3.8) is 0 Å². The lowest BCUT2D eigenvalue weighted by molar-refractivity contribution is -0.122. The summed E-state index contributed by atoms with van der Waals surface area (Å²) in [4.78, 5) is 22.8. The number of carbonyl (C=O) groups is 2. The van der Waals surface area contributed by atoms with E-state index in [0.717, 1.165) is 0 Å². The van der Waals surface area contributed by atoms with Crippen LogP contribution in [0.3, 0.4) is 0 Å². The Morgan fingerprint density at radius 2 is 2.27 bits per heavy atom. The van der Waals surface area contributed by atoms with E-state index >= 15 is 0 Å². The van der Waals surface area contributed by atoms with Gasteiger partial charge in [-0.15, -0.1) is 0 Å². The first kappa shape index (κ1) is 11.3. The predicted octanol–water partition coefficient (Wildman–Crippen LogP) is 0.534. The number of carbonyl (C=O) groups excluding carboxylic acids is 2. The van der Waals surface area contributed by atoms with Crippen LogP contribution in [0.1, 0.15) is 24.2 Å². The summed E-state index contributed by atoms with van der Waals surface area (Å²) in [6.45, 7) is 4.00. The molecule has 0 aliphatic rings. The Kier molecular flexibility index (Phi) is 3.91. The van der Waals surface area contributed by atoms with E-state index in [1.165, 1.54) is 12.5 Å². The molecule has 0 aliphatic carbocycles. The maximum Gasteiger partial charge on any atom is 0.255 e. The molecule has 2 N–H and O–H groups in total. The molecule has 0 spiro atoms. The SMILES string of the molecule is CCNC(=O)C(C)NC(=O)c1ccoc1. The lowest BCUT2D eigenvalue weighted by atomic mass is 10.2. The van der Waals surface area contributed by atoms with Gasteiger partial charge in [0.05, 0.1) is 11.8 Å². The van der Waals surface area contributed by atoms with E-state index in [4.69, 9.17) is 4.42 Å². The van der Waals surface area contributed by atoms with Crippen LogP contribution >= 0.6 is 0 Å². The van der Waals surface area contributed by atoms with Crippen molar-refractivity contribution in [2.24, 2.45) is 0 Å². The van der Waals surface area contributed by atoms with Crippen LogP contribution in [0.4, 0.5) is 0 Å². The first-order chi connectivity index (χ1) is 7.15. The molecule has 0 aromatic carbocycles. The third-order valence-electron chi connectivity index (χ3n) is 1.88. The van der Waals surface area contributed by atoms with Gasteiger partial charge >= 0.3 is 0 Å². The van der Waals surface area contributed by atoms with Crippen molar-refractivity contribution in [2.75, 3.05) is 6.54 Å². The van der Waals surface area contributed by atoms with Gasteiger partial charge in [-0.1, -0.05) is 0 Å². The van der Waals surface area contributed by atoms with Gasteiger partial charge in [0.25, 0.3) is 5.91 Å². The van der Waals surface area contributed by atoms with Gasteiger partial charge in [0, 0.05) is 6.54 Å². The molecule has 0 radical (unpaired) electrons. The normalized spacial score (nSPS) is 11.9. The molecule has 1 unspecified atom stereocenters. The molecule has 1 rings (SSSR count). The summed E-state index contributed by atoms with van der Waals surface area (Å²) in [6, 6.07) is 0.993. The van der Waals surface area contributed by atoms with Gasteiger partial charge in [-0.2, -0.15) is 0 Å². The molecule has 0 fully saturated rings. The minimum absolute atomic E-state index is 0.200. The lowest BCUT2D eigenvalue weighted by Crippen LogP contribution is -2.44. The average molecular weight is 210 g/mol. The minimum Gasteiger partial charge on any atom is -0.472 e. The molecule has 1 atom stereocenters. The summed E-state index contributed by atoms with van der Waals surface area (Å²) in [5.74, 6) is -0.517. The molecule has 5 heteroatoms. The Morgan fingerprint density at radius 3 is 2.80 bits per heavy atom. The van der Waals surface area contributed by atoms with Crippen LogP contribution in [0, 0.1) is 0 Å². The Hall–Kier alpha value is -1.78. The number of hydrogen-bond donors (Lipinski definition) is 2. The molecule has 5 nitrogen and oxygen atoms in total. The molecule has 0 saturated carbocycles. The first-order valence-corrected chi connectivity index (χ1v) is 4.76. The number of hydrogen-bond acceptors (Lipinski definition) is 3. The number of amides is 2. The molecule has 2 amide bonds. The second-order valence-electron chi connectivity index (χ2n) is 3.10. The van der Waals surface area contributed by atoms with Crippen LogP contribution in [0.15, 0.2) is 23.0 Å². The highest BCUT2D eigenvalue weighted by molar-refractivity contribution is 5.97. The number of likely N-dealkylation sites (N-methyl/N-ethyl adjacent to an activating group) is 1. The summed E-state index contributed by atoms with van der Waals surface area (Å²) < 4.78 is 4.76. The van der Waals surface area contributed by atoms with Gasteiger partial charge in [-0.25, -0.2) is 0 Å². The van der Waals surface area contributed by atoms with Crippen molar-refractivity contribution in [2.45, 2.75) is 19.9 Å². The second kappa shape index (κ2) is 5.19. The van der Waals surface area contributed by atoms with E-state index in [2.05, 4.69) is 10.6 Å². The van der Waals surface area contributed by atoms with Gasteiger partial charge in [-0.05, 0) is 19.9 Å². The molecule has 15 heavy (non-hydrogen) atoms. The zero-order valence-corrected chi connectivity index (χ0v) is 8.74. The summed E-state index contributed by atoms with van der Waals surface area (Å²) in [7, 11) is 0. The topological polar surface area (TPSA) is 71.3 Å². The van der Waals surface area contributed by atoms with E-state index in [1.54, 1.807) is 13.0 Å². The van der Waals surface area contributed by atoms with Crippen molar-refractivity contribution in [3.05, 3.63) is 24.2 Å². The largest absolute Gasteiger partial charge is 0.472 e. The maximum atomic E-state index is 11.5. The summed E-state index contributed by atoms with van der Waals surface area (Å²) in [6.07, 6.45) is 2.74. The van der Waals surface area contributed by atoms with Gasteiger partial charge < -0.3 is 15.1 Å². The standard InChI is InChI=1S/C10H14N2O3/c1-3-11-9(13)7(2)12-10(14)8-4-5-15-6-8/h4-7H,3H2,1-2H3,(H,11,13)(H,12,14). The molecular formula is C10H14N2O3. The lowest BCUT2D eigenvalue weighted by Gasteiger charge is -2.12. The van der Waals surface area contributed by atoms with Crippen LogP contribution in [0.5, 0.6) is 0 Å². The molecule has 1 aromatic heterocycles. The molecular weight excluding hydrogens is 196 g/mol. The van der Waals surface area contributed by atoms with E-state index < -0.39 is 6.04 Å². The third-order valence-corrected chi connectivity index (χ3v) is 1.88. The molecule has 1 heterocycles. The number of nitrogens with one attached hydrogen (secondary N) is 2. The fourth-order valence-corrected chi connectivity index (χ4v) is 1.07. The Balaban J connectivity index is 2.48. The van der Waals surface area contributed by atoms with Gasteiger partial charge in [0.2, 0.25) is 5.91 Å². The van der Waals surface area contributed by atoms with E-state index in [-0.39, 0.29) is 11.8 Å². The average Bonchev–Trinajstić information content (AvgIpc) is 2.70. The third kappa shape index (κ3) is 3.12. The van der Waals surface area contributed by atoms with Crippen molar-refractivity contribution < 1.29 is 14.0 Å². The van der Waals surface area contributed by atoms with E-state index in [0.29, 0.717) is 12.1 Å². The first-order valence-electron chi connectivity index (χ1n) is 4.76. The molecule has 82 valence electrons. The highest BCUT2D eigenvalue weighted by Crippen LogP contribution is 1.99. The summed E-state index contributed by atoms with van der Waals surface area (Å²) in [5, 5.41) is 5.17. The summed E-state index contributed by atoms with van der Waals surface area (Å²) in [5.41, 5.74) is 0.408. The quantitative estimate of drug-likeness (QED) is 0.761. The molecule has 0 saturated heterocycles. The zero-order valence-electron chi connectivity index (χ0n) is 8.74. The Morgan fingerprint density at radius 1 is 1.53 bits per heavy atom. The zero-order chi connectivity index (χ0) is 11.3. The fourth-order valence-electron chi connectivity index (χ4n) is 1.07. The number of rotatable bonds is 4. The maximum absolute atomic E-state index is 11.5. The number of furan rings is 1. The van der Waals surface area contributed by atoms with Gasteiger partial charge in [0.1, 0.15) is 12.3 Å². The highest BCUT2D eigenvalue weighted by atomic mass is 16.3. The molecule has 0 bridgehead atoms. The molecule has 0 aliphatic heterocycles. The van der Waals surface area contributed by atoms with Gasteiger partial charge in [-0.3, -0.25) is 9.59 Å². The monoisotopic (exact) mass is 210 g/mol. The summed E-state index contributed by atoms with van der Waals surface area (Å²) >= 11 is 0. The smallest absolute Gasteiger partial charge is 0.255 e. The van der Waals surface area contributed by atoms with Crippen LogP contribution in [-0.2, 0) is 4.79 Å². The predicted molar refractivity (Wildman–Crippen MR) is 54.3 cm³/mol.